The lowest BCUT2D eigenvalue weighted by atomic mass is 10.0. The number of hydrogen-bond acceptors (Lipinski definition) is 5. The fraction of sp³-hybridized carbons (Fsp3) is 0.250. The maximum Gasteiger partial charge on any atom is 0.174 e. The molecule has 1 unspecified atom stereocenters. The molecular weight excluding hydrogens is 250 g/mol. The van der Waals surface area contributed by atoms with Gasteiger partial charge in [0.15, 0.2) is 4.34 Å². The molecule has 17 heavy (non-hydrogen) atoms. The van der Waals surface area contributed by atoms with Crippen molar-refractivity contribution in [2.75, 3.05) is 5.75 Å². The Morgan fingerprint density at radius 1 is 1.35 bits per heavy atom. The lowest BCUT2D eigenvalue weighted by molar-refractivity contribution is 0.968. The van der Waals surface area contributed by atoms with E-state index in [0.29, 0.717) is 0 Å². The highest BCUT2D eigenvalue weighted by molar-refractivity contribution is 8.01. The molecule has 86 valence electrons. The largest absolute Gasteiger partial charge is 0.198 e. The predicted octanol–water partition coefficient (Wildman–Crippen LogP) is 3.25. The van der Waals surface area contributed by atoms with Gasteiger partial charge in [-0.2, -0.15) is 5.26 Å². The first-order valence-corrected chi connectivity index (χ1v) is 6.97. The molecule has 0 amide bonds. The Hall–Kier alpha value is -1.38. The number of hydrogen-bond donors (Lipinski definition) is 0. The van der Waals surface area contributed by atoms with Crippen LogP contribution in [0.5, 0.6) is 0 Å². The monoisotopic (exact) mass is 261 g/mol. The molecule has 0 saturated carbocycles. The average molecular weight is 261 g/mol. The van der Waals surface area contributed by atoms with Gasteiger partial charge in [0.2, 0.25) is 0 Å². The standard InChI is InChI=1S/C12H11N3S2/c1-9-14-15-12(17-9)16-8-11(7-13)10-5-3-2-4-6-10/h2-6,11H,8H2,1H3. The molecule has 0 spiro atoms. The number of nitrogens with zero attached hydrogens (tertiary/aromatic N) is 3. The van der Waals surface area contributed by atoms with E-state index in [2.05, 4.69) is 16.3 Å². The van der Waals surface area contributed by atoms with Gasteiger partial charge in [0.1, 0.15) is 5.01 Å². The van der Waals surface area contributed by atoms with Crippen LogP contribution in [-0.2, 0) is 0 Å². The van der Waals surface area contributed by atoms with Gasteiger partial charge in [0, 0.05) is 5.75 Å². The molecule has 1 heterocycles. The molecule has 0 aliphatic carbocycles. The molecule has 2 aromatic rings. The van der Waals surface area contributed by atoms with Gasteiger partial charge in [0.25, 0.3) is 0 Å². The molecule has 1 aromatic carbocycles. The summed E-state index contributed by atoms with van der Waals surface area (Å²) in [6.45, 7) is 1.93. The van der Waals surface area contributed by atoms with E-state index >= 15 is 0 Å². The molecule has 2 rings (SSSR count). The van der Waals surface area contributed by atoms with Gasteiger partial charge >= 0.3 is 0 Å². The van der Waals surface area contributed by atoms with E-state index in [9.17, 15) is 0 Å². The quantitative estimate of drug-likeness (QED) is 0.793. The summed E-state index contributed by atoms with van der Waals surface area (Å²) in [5.41, 5.74) is 1.06. The smallest absolute Gasteiger partial charge is 0.174 e. The van der Waals surface area contributed by atoms with Crippen LogP contribution < -0.4 is 0 Å². The van der Waals surface area contributed by atoms with Crippen molar-refractivity contribution in [2.24, 2.45) is 0 Å². The van der Waals surface area contributed by atoms with E-state index in [4.69, 9.17) is 5.26 Å². The minimum Gasteiger partial charge on any atom is -0.198 e. The second-order valence-corrected chi connectivity index (χ2v) is 5.94. The summed E-state index contributed by atoms with van der Waals surface area (Å²) in [5.74, 6) is 0.625. The summed E-state index contributed by atoms with van der Waals surface area (Å²) in [5, 5.41) is 18.1. The second-order valence-electron chi connectivity index (χ2n) is 3.49. The summed E-state index contributed by atoms with van der Waals surface area (Å²) in [4.78, 5) is 0. The molecule has 1 aromatic heterocycles. The van der Waals surface area contributed by atoms with Gasteiger partial charge in [-0.1, -0.05) is 53.4 Å². The van der Waals surface area contributed by atoms with E-state index in [1.165, 1.54) is 0 Å². The third kappa shape index (κ3) is 3.29. The molecule has 0 N–H and O–H groups in total. The molecule has 0 aliphatic rings. The van der Waals surface area contributed by atoms with Crippen molar-refractivity contribution in [3.05, 3.63) is 40.9 Å². The molecule has 0 bridgehead atoms. The average Bonchev–Trinajstić information content (AvgIpc) is 2.77. The Kier molecular flexibility index (Phi) is 4.13. The van der Waals surface area contributed by atoms with Gasteiger partial charge in [-0.05, 0) is 12.5 Å². The first kappa shape index (κ1) is 12.1. The van der Waals surface area contributed by atoms with Gasteiger partial charge in [-0.3, -0.25) is 0 Å². The Balaban J connectivity index is 2.00. The van der Waals surface area contributed by atoms with E-state index in [0.717, 1.165) is 20.7 Å². The Morgan fingerprint density at radius 2 is 2.12 bits per heavy atom. The van der Waals surface area contributed by atoms with Crippen molar-refractivity contribution >= 4 is 23.1 Å². The zero-order valence-corrected chi connectivity index (χ0v) is 11.0. The highest BCUT2D eigenvalue weighted by Gasteiger charge is 2.12. The van der Waals surface area contributed by atoms with Crippen molar-refractivity contribution in [1.29, 1.82) is 5.26 Å². The third-order valence-electron chi connectivity index (χ3n) is 2.24. The lowest BCUT2D eigenvalue weighted by Gasteiger charge is -2.06. The fourth-order valence-corrected chi connectivity index (χ4v) is 3.28. The number of rotatable bonds is 4. The van der Waals surface area contributed by atoms with Gasteiger partial charge in [-0.25, -0.2) is 0 Å². The Bertz CT molecular complexity index is 516. The van der Waals surface area contributed by atoms with Crippen LogP contribution in [0.15, 0.2) is 34.7 Å². The predicted molar refractivity (Wildman–Crippen MR) is 70.2 cm³/mol. The lowest BCUT2D eigenvalue weighted by Crippen LogP contribution is -1.98. The maximum absolute atomic E-state index is 9.17. The SMILES string of the molecule is Cc1nnc(SCC(C#N)c2ccccc2)s1. The van der Waals surface area contributed by atoms with Gasteiger partial charge in [0.05, 0.1) is 12.0 Å². The van der Waals surface area contributed by atoms with Crippen molar-refractivity contribution in [1.82, 2.24) is 10.2 Å². The topological polar surface area (TPSA) is 49.6 Å². The second kappa shape index (κ2) is 5.80. The Morgan fingerprint density at radius 3 is 2.71 bits per heavy atom. The van der Waals surface area contributed by atoms with Crippen LogP contribution in [0.1, 0.15) is 16.5 Å². The summed E-state index contributed by atoms with van der Waals surface area (Å²) >= 11 is 3.16. The number of aromatic nitrogens is 2. The summed E-state index contributed by atoms with van der Waals surface area (Å²) in [6.07, 6.45) is 0. The van der Waals surface area contributed by atoms with E-state index < -0.39 is 0 Å². The van der Waals surface area contributed by atoms with Crippen molar-refractivity contribution < 1.29 is 0 Å². The molecule has 0 saturated heterocycles. The molecule has 0 fully saturated rings. The number of benzene rings is 1. The third-order valence-corrected chi connectivity index (χ3v) is 4.30. The molecule has 0 radical (unpaired) electrons. The number of aryl methyl sites for hydroxylation is 1. The van der Waals surface area contributed by atoms with Crippen molar-refractivity contribution in [2.45, 2.75) is 17.2 Å². The maximum atomic E-state index is 9.17. The van der Waals surface area contributed by atoms with Gasteiger partial charge in [-0.15, -0.1) is 10.2 Å². The minimum atomic E-state index is -0.0922. The van der Waals surface area contributed by atoms with E-state index in [-0.39, 0.29) is 5.92 Å². The van der Waals surface area contributed by atoms with Crippen molar-refractivity contribution in [3.8, 4) is 6.07 Å². The van der Waals surface area contributed by atoms with Crippen LogP contribution in [0.25, 0.3) is 0 Å². The van der Waals surface area contributed by atoms with Crippen LogP contribution in [0.2, 0.25) is 0 Å². The van der Waals surface area contributed by atoms with Crippen LogP contribution in [-0.4, -0.2) is 16.0 Å². The van der Waals surface area contributed by atoms with E-state index in [1.54, 1.807) is 23.1 Å². The zero-order valence-electron chi connectivity index (χ0n) is 9.33. The Labute approximate surface area is 109 Å². The molecule has 0 aliphatic heterocycles. The first-order chi connectivity index (χ1) is 8.29. The fourth-order valence-electron chi connectivity index (χ4n) is 1.38. The summed E-state index contributed by atoms with van der Waals surface area (Å²) in [7, 11) is 0. The minimum absolute atomic E-state index is 0.0922. The van der Waals surface area contributed by atoms with Crippen LogP contribution in [0, 0.1) is 18.3 Å². The highest BCUT2D eigenvalue weighted by atomic mass is 32.2. The van der Waals surface area contributed by atoms with Crippen molar-refractivity contribution in [3.63, 3.8) is 0 Å². The first-order valence-electron chi connectivity index (χ1n) is 5.17. The molecular formula is C12H11N3S2. The van der Waals surface area contributed by atoms with Gasteiger partial charge < -0.3 is 0 Å². The molecule has 3 nitrogen and oxygen atoms in total. The van der Waals surface area contributed by atoms with Crippen LogP contribution >= 0.6 is 23.1 Å². The normalized spacial score (nSPS) is 12.0. The van der Waals surface area contributed by atoms with E-state index in [1.807, 2.05) is 37.3 Å². The number of thioether (sulfide) groups is 1. The molecule has 1 atom stereocenters. The zero-order chi connectivity index (χ0) is 12.1. The summed E-state index contributed by atoms with van der Waals surface area (Å²) < 4.78 is 0.929. The van der Waals surface area contributed by atoms with Crippen LogP contribution in [0.4, 0.5) is 0 Å². The van der Waals surface area contributed by atoms with Crippen LogP contribution in [0.3, 0.4) is 0 Å². The number of nitriles is 1. The molecule has 5 heteroatoms. The summed E-state index contributed by atoms with van der Waals surface area (Å²) in [6, 6.07) is 12.2. The highest BCUT2D eigenvalue weighted by Crippen LogP contribution is 2.27.